The molecule has 7 heteroatoms. The summed E-state index contributed by atoms with van der Waals surface area (Å²) in [6, 6.07) is 3.22. The van der Waals surface area contributed by atoms with Gasteiger partial charge in [-0.05, 0) is 31.6 Å². The zero-order valence-electron chi connectivity index (χ0n) is 12.7. The smallest absolute Gasteiger partial charge is 0.272 e. The van der Waals surface area contributed by atoms with Crippen LogP contribution in [0.1, 0.15) is 29.6 Å². The summed E-state index contributed by atoms with van der Waals surface area (Å²) in [6.07, 6.45) is 4.02. The van der Waals surface area contributed by atoms with Crippen molar-refractivity contribution >= 4 is 17.7 Å². The molecule has 1 aromatic rings. The minimum absolute atomic E-state index is 0.0490. The van der Waals surface area contributed by atoms with E-state index in [2.05, 4.69) is 11.2 Å². The summed E-state index contributed by atoms with van der Waals surface area (Å²) in [6.45, 7) is -0.724. The molecule has 1 amide bonds. The Morgan fingerprint density at radius 1 is 1.55 bits per heavy atom. The van der Waals surface area contributed by atoms with Crippen LogP contribution in [0.25, 0.3) is 0 Å². The summed E-state index contributed by atoms with van der Waals surface area (Å²) in [4.78, 5) is 18.1. The third-order valence-electron chi connectivity index (χ3n) is 3.90. The van der Waals surface area contributed by atoms with Gasteiger partial charge in [-0.15, -0.1) is 0 Å². The average molecular weight is 330 g/mol. The molecule has 1 aromatic heterocycles. The molecule has 1 aliphatic rings. The molecular weight excluding hydrogens is 310 g/mol. The van der Waals surface area contributed by atoms with E-state index in [1.54, 1.807) is 18.0 Å². The van der Waals surface area contributed by atoms with Crippen molar-refractivity contribution in [3.63, 3.8) is 0 Å². The lowest BCUT2D eigenvalue weighted by atomic mass is 10.1. The number of amides is 1. The zero-order chi connectivity index (χ0) is 16.1. The quantitative estimate of drug-likeness (QED) is 0.804. The van der Waals surface area contributed by atoms with Gasteiger partial charge in [-0.1, -0.05) is 0 Å². The number of carbonyl (C=O) groups excluding carboxylic acids is 1. The number of hydrogen-bond donors (Lipinski definition) is 0. The first-order valence-corrected chi connectivity index (χ1v) is 8.47. The zero-order valence-corrected chi connectivity index (χ0v) is 13.5. The van der Waals surface area contributed by atoms with Gasteiger partial charge in [-0.3, -0.25) is 4.79 Å². The Labute approximate surface area is 133 Å². The highest BCUT2D eigenvalue weighted by Crippen LogP contribution is 2.31. The molecule has 0 unspecified atom stereocenters. The molecule has 2 atom stereocenters. The first kappa shape index (κ1) is 17.0. The van der Waals surface area contributed by atoms with Crippen LogP contribution in [-0.2, 0) is 0 Å². The fraction of sp³-hybridized carbons (Fsp3) is 0.600. The maximum atomic E-state index is 12.5. The molecule has 1 saturated carbocycles. The second kappa shape index (κ2) is 7.76. The molecule has 22 heavy (non-hydrogen) atoms. The van der Waals surface area contributed by atoms with Crippen LogP contribution in [0.5, 0.6) is 5.88 Å². The van der Waals surface area contributed by atoms with E-state index in [9.17, 15) is 13.6 Å². The number of thioether (sulfide) groups is 1. The van der Waals surface area contributed by atoms with Crippen molar-refractivity contribution in [3.05, 3.63) is 23.9 Å². The number of halogens is 2. The third-order valence-corrected chi connectivity index (χ3v) is 4.99. The summed E-state index contributed by atoms with van der Waals surface area (Å²) in [5, 5.41) is 0.600. The van der Waals surface area contributed by atoms with E-state index in [0.29, 0.717) is 10.8 Å². The van der Waals surface area contributed by atoms with Crippen molar-refractivity contribution in [3.8, 4) is 5.88 Å². The van der Waals surface area contributed by atoms with Gasteiger partial charge in [0.25, 0.3) is 12.3 Å². The Bertz CT molecular complexity index is 516. The topological polar surface area (TPSA) is 42.4 Å². The van der Waals surface area contributed by atoms with E-state index < -0.39 is 13.0 Å². The Morgan fingerprint density at radius 2 is 2.32 bits per heavy atom. The van der Waals surface area contributed by atoms with Gasteiger partial charge in [0.15, 0.2) is 6.61 Å². The molecule has 1 fully saturated rings. The van der Waals surface area contributed by atoms with Crippen molar-refractivity contribution in [2.75, 3.05) is 19.9 Å². The molecule has 0 spiro atoms. The van der Waals surface area contributed by atoms with Crippen LogP contribution in [-0.4, -0.2) is 53.4 Å². The number of ether oxygens (including phenoxy) is 1. The first-order valence-electron chi connectivity index (χ1n) is 7.18. The van der Waals surface area contributed by atoms with Crippen molar-refractivity contribution in [1.29, 1.82) is 0 Å². The number of hydrogen-bond acceptors (Lipinski definition) is 4. The van der Waals surface area contributed by atoms with Crippen LogP contribution in [0.2, 0.25) is 0 Å². The van der Waals surface area contributed by atoms with E-state index in [-0.39, 0.29) is 17.8 Å². The minimum Gasteiger partial charge on any atom is -0.472 e. The lowest BCUT2D eigenvalue weighted by molar-refractivity contribution is 0.0731. The summed E-state index contributed by atoms with van der Waals surface area (Å²) in [5.74, 6) is -0.0796. The van der Waals surface area contributed by atoms with Crippen LogP contribution in [0.3, 0.4) is 0 Å². The van der Waals surface area contributed by atoms with Gasteiger partial charge in [0.05, 0.1) is 0 Å². The predicted octanol–water partition coefficient (Wildman–Crippen LogP) is 3.08. The normalized spacial score (nSPS) is 21.1. The van der Waals surface area contributed by atoms with Crippen molar-refractivity contribution < 1.29 is 18.3 Å². The second-order valence-electron chi connectivity index (χ2n) is 5.33. The van der Waals surface area contributed by atoms with Gasteiger partial charge in [0, 0.05) is 36.2 Å². The third kappa shape index (κ3) is 4.32. The van der Waals surface area contributed by atoms with Gasteiger partial charge in [-0.2, -0.15) is 11.8 Å². The molecule has 0 aliphatic heterocycles. The summed E-state index contributed by atoms with van der Waals surface area (Å²) < 4.78 is 29.2. The average Bonchev–Trinajstić information content (AvgIpc) is 3.00. The Morgan fingerprint density at radius 3 is 2.95 bits per heavy atom. The van der Waals surface area contributed by atoms with Crippen LogP contribution in [0, 0.1) is 0 Å². The number of pyridine rings is 1. The molecule has 0 N–H and O–H groups in total. The fourth-order valence-electron chi connectivity index (χ4n) is 2.62. The lowest BCUT2D eigenvalue weighted by Gasteiger charge is -2.24. The predicted molar refractivity (Wildman–Crippen MR) is 82.8 cm³/mol. The van der Waals surface area contributed by atoms with E-state index in [4.69, 9.17) is 4.74 Å². The number of aromatic nitrogens is 1. The Hall–Kier alpha value is -1.37. The molecule has 4 nitrogen and oxygen atoms in total. The van der Waals surface area contributed by atoms with Crippen LogP contribution >= 0.6 is 11.8 Å². The monoisotopic (exact) mass is 330 g/mol. The Kier molecular flexibility index (Phi) is 5.99. The fourth-order valence-corrected chi connectivity index (χ4v) is 3.41. The van der Waals surface area contributed by atoms with Gasteiger partial charge in [0.2, 0.25) is 5.88 Å². The molecule has 0 bridgehead atoms. The van der Waals surface area contributed by atoms with Gasteiger partial charge < -0.3 is 9.64 Å². The van der Waals surface area contributed by atoms with Crippen LogP contribution in [0.15, 0.2) is 18.3 Å². The van der Waals surface area contributed by atoms with Gasteiger partial charge in [-0.25, -0.2) is 13.8 Å². The number of rotatable bonds is 6. The minimum atomic E-state index is -2.56. The Balaban J connectivity index is 2.01. The maximum Gasteiger partial charge on any atom is 0.272 e. The van der Waals surface area contributed by atoms with E-state index >= 15 is 0 Å². The largest absolute Gasteiger partial charge is 0.472 e. The lowest BCUT2D eigenvalue weighted by Crippen LogP contribution is -2.35. The highest BCUT2D eigenvalue weighted by atomic mass is 32.2. The molecule has 1 heterocycles. The molecule has 0 saturated heterocycles. The van der Waals surface area contributed by atoms with Gasteiger partial charge >= 0.3 is 0 Å². The molecule has 0 radical (unpaired) electrons. The SMILES string of the molecule is CS[C@H]1CC[C@H](N(C)C(=O)c2ccnc(OCC(F)F)c2)C1. The number of carbonyl (C=O) groups is 1. The molecular formula is C15H20F2N2O2S. The van der Waals surface area contributed by atoms with E-state index in [0.717, 1.165) is 19.3 Å². The molecule has 1 aliphatic carbocycles. The number of alkyl halides is 2. The molecule has 0 aromatic carbocycles. The van der Waals surface area contributed by atoms with Crippen LogP contribution in [0.4, 0.5) is 8.78 Å². The van der Waals surface area contributed by atoms with Crippen molar-refractivity contribution in [2.24, 2.45) is 0 Å². The highest BCUT2D eigenvalue weighted by Gasteiger charge is 2.29. The second-order valence-corrected chi connectivity index (χ2v) is 6.46. The molecule has 122 valence electrons. The molecule has 2 rings (SSSR count). The van der Waals surface area contributed by atoms with Gasteiger partial charge in [0.1, 0.15) is 0 Å². The first-order chi connectivity index (χ1) is 10.5. The van der Waals surface area contributed by atoms with Crippen LogP contribution < -0.4 is 4.74 Å². The summed E-state index contributed by atoms with van der Waals surface area (Å²) >= 11 is 1.83. The number of nitrogens with zero attached hydrogens (tertiary/aromatic N) is 2. The van der Waals surface area contributed by atoms with Crippen molar-refractivity contribution in [1.82, 2.24) is 9.88 Å². The van der Waals surface area contributed by atoms with E-state index in [1.807, 2.05) is 11.8 Å². The summed E-state index contributed by atoms with van der Waals surface area (Å²) in [5.41, 5.74) is 0.411. The maximum absolute atomic E-state index is 12.5. The summed E-state index contributed by atoms with van der Waals surface area (Å²) in [7, 11) is 1.79. The van der Waals surface area contributed by atoms with Crippen molar-refractivity contribution in [2.45, 2.75) is 37.0 Å². The standard InChI is InChI=1S/C15H20F2N2O2S/c1-19(11-3-4-12(8-11)22-2)15(20)10-5-6-18-14(7-10)21-9-13(16)17/h5-7,11-13H,3-4,8-9H2,1-2H3/t11-,12-/m0/s1. The van der Waals surface area contributed by atoms with E-state index in [1.165, 1.54) is 12.3 Å². The highest BCUT2D eigenvalue weighted by molar-refractivity contribution is 7.99.